The van der Waals surface area contributed by atoms with E-state index in [4.69, 9.17) is 4.74 Å². The van der Waals surface area contributed by atoms with Crippen LogP contribution in [0.25, 0.3) is 0 Å². The third kappa shape index (κ3) is 4.75. The Kier molecular flexibility index (Phi) is 5.75. The van der Waals surface area contributed by atoms with E-state index in [0.29, 0.717) is 12.1 Å². The maximum atomic E-state index is 12.1. The number of nitrogens with zero attached hydrogens (tertiary/aromatic N) is 3. The van der Waals surface area contributed by atoms with Crippen molar-refractivity contribution in [2.24, 2.45) is 0 Å². The van der Waals surface area contributed by atoms with Gasteiger partial charge in [-0.15, -0.1) is 5.10 Å². The van der Waals surface area contributed by atoms with Crippen LogP contribution in [0.1, 0.15) is 64.6 Å². The minimum atomic E-state index is -1.01. The van der Waals surface area contributed by atoms with Gasteiger partial charge in [0.1, 0.15) is 11.3 Å². The van der Waals surface area contributed by atoms with Gasteiger partial charge in [0.2, 0.25) is 5.91 Å². The molecule has 1 aliphatic rings. The second-order valence-electron chi connectivity index (χ2n) is 6.92. The molecule has 2 N–H and O–H groups in total. The fraction of sp³-hybridized carbons (Fsp3) is 0.812. The van der Waals surface area contributed by atoms with Crippen molar-refractivity contribution in [3.05, 3.63) is 11.9 Å². The zero-order valence-corrected chi connectivity index (χ0v) is 14.5. The lowest BCUT2D eigenvalue weighted by atomic mass is 9.90. The van der Waals surface area contributed by atoms with Crippen molar-refractivity contribution < 1.29 is 14.6 Å². The van der Waals surface area contributed by atoms with Crippen LogP contribution in [-0.4, -0.2) is 45.3 Å². The monoisotopic (exact) mass is 324 g/mol. The third-order valence-corrected chi connectivity index (χ3v) is 4.43. The molecule has 0 bridgehead atoms. The van der Waals surface area contributed by atoms with Crippen molar-refractivity contribution in [3.8, 4) is 0 Å². The molecule has 130 valence electrons. The molecule has 1 fully saturated rings. The highest BCUT2D eigenvalue weighted by atomic mass is 16.5. The standard InChI is InChI=1S/C16H28N4O3/c1-11(23-4)9-15(21)17-12-7-5-6-8-13(12)20-10-14(18-19-20)16(2,3)22/h10-13,22H,5-9H2,1-4H3,(H,17,21)/t11-,12+,13-/m1/s1. The lowest BCUT2D eigenvalue weighted by Gasteiger charge is -2.32. The molecule has 1 amide bonds. The van der Waals surface area contributed by atoms with Crippen molar-refractivity contribution in [2.45, 2.75) is 76.7 Å². The summed E-state index contributed by atoms with van der Waals surface area (Å²) >= 11 is 0. The highest BCUT2D eigenvalue weighted by molar-refractivity contribution is 5.76. The molecule has 1 heterocycles. The lowest BCUT2D eigenvalue weighted by Crippen LogP contribution is -2.44. The van der Waals surface area contributed by atoms with Gasteiger partial charge < -0.3 is 15.2 Å². The van der Waals surface area contributed by atoms with Crippen LogP contribution in [0.3, 0.4) is 0 Å². The van der Waals surface area contributed by atoms with Gasteiger partial charge in [-0.25, -0.2) is 4.68 Å². The first kappa shape index (κ1) is 17.9. The molecule has 7 heteroatoms. The summed E-state index contributed by atoms with van der Waals surface area (Å²) in [6, 6.07) is 0.116. The molecule has 0 aliphatic heterocycles. The molecular weight excluding hydrogens is 296 g/mol. The number of aromatic nitrogens is 3. The summed E-state index contributed by atoms with van der Waals surface area (Å²) in [4.78, 5) is 12.1. The summed E-state index contributed by atoms with van der Waals surface area (Å²) in [7, 11) is 1.61. The van der Waals surface area contributed by atoms with Crippen molar-refractivity contribution in [2.75, 3.05) is 7.11 Å². The fourth-order valence-electron chi connectivity index (χ4n) is 2.93. The molecule has 1 aromatic heterocycles. The maximum Gasteiger partial charge on any atom is 0.222 e. The summed E-state index contributed by atoms with van der Waals surface area (Å²) < 4.78 is 6.93. The molecule has 0 spiro atoms. The molecule has 1 aromatic rings. The number of hydrogen-bond acceptors (Lipinski definition) is 5. The molecule has 3 atom stereocenters. The quantitative estimate of drug-likeness (QED) is 0.828. The van der Waals surface area contributed by atoms with E-state index in [1.54, 1.807) is 31.8 Å². The van der Waals surface area contributed by atoms with Crippen molar-refractivity contribution in [1.29, 1.82) is 0 Å². The van der Waals surface area contributed by atoms with E-state index in [0.717, 1.165) is 25.7 Å². The molecule has 0 radical (unpaired) electrons. The topological polar surface area (TPSA) is 89.3 Å². The molecule has 1 aliphatic carbocycles. The smallest absolute Gasteiger partial charge is 0.222 e. The molecule has 0 unspecified atom stereocenters. The summed E-state index contributed by atoms with van der Waals surface area (Å²) in [6.07, 6.45) is 6.11. The number of nitrogens with one attached hydrogen (secondary N) is 1. The number of aliphatic hydroxyl groups is 1. The predicted molar refractivity (Wildman–Crippen MR) is 85.8 cm³/mol. The molecule has 0 aromatic carbocycles. The van der Waals surface area contributed by atoms with Crippen LogP contribution in [0.5, 0.6) is 0 Å². The molecule has 0 saturated heterocycles. The SMILES string of the molecule is CO[C@H](C)CC(=O)N[C@H]1CCCC[C@H]1n1cc(C(C)(C)O)nn1. The fourth-order valence-corrected chi connectivity index (χ4v) is 2.93. The van der Waals surface area contributed by atoms with E-state index >= 15 is 0 Å². The van der Waals surface area contributed by atoms with Crippen LogP contribution < -0.4 is 5.32 Å². The van der Waals surface area contributed by atoms with Gasteiger partial charge in [-0.2, -0.15) is 0 Å². The average Bonchev–Trinajstić information content (AvgIpc) is 2.97. The van der Waals surface area contributed by atoms with E-state index in [1.807, 2.05) is 6.92 Å². The minimum Gasteiger partial charge on any atom is -0.384 e. The first-order valence-electron chi connectivity index (χ1n) is 8.28. The number of ether oxygens (including phenoxy) is 1. The number of carbonyl (C=O) groups is 1. The lowest BCUT2D eigenvalue weighted by molar-refractivity contribution is -0.124. The van der Waals surface area contributed by atoms with E-state index in [1.165, 1.54) is 0 Å². The van der Waals surface area contributed by atoms with Crippen LogP contribution in [0.4, 0.5) is 0 Å². The number of hydrogen-bond donors (Lipinski definition) is 2. The van der Waals surface area contributed by atoms with Gasteiger partial charge in [-0.05, 0) is 33.6 Å². The van der Waals surface area contributed by atoms with E-state index in [2.05, 4.69) is 15.6 Å². The Hall–Kier alpha value is -1.47. The highest BCUT2D eigenvalue weighted by Crippen LogP contribution is 2.29. The number of carbonyl (C=O) groups excluding carboxylic acids is 1. The Bertz CT molecular complexity index is 524. The van der Waals surface area contributed by atoms with Gasteiger partial charge in [0.25, 0.3) is 0 Å². The zero-order valence-electron chi connectivity index (χ0n) is 14.5. The first-order chi connectivity index (χ1) is 10.8. The van der Waals surface area contributed by atoms with Gasteiger partial charge in [0.15, 0.2) is 0 Å². The predicted octanol–water partition coefficient (Wildman–Crippen LogP) is 1.53. The van der Waals surface area contributed by atoms with Gasteiger partial charge in [-0.3, -0.25) is 4.79 Å². The minimum absolute atomic E-state index is 0.000855. The van der Waals surface area contributed by atoms with Crippen LogP contribution in [0.15, 0.2) is 6.20 Å². The van der Waals surface area contributed by atoms with Crippen molar-refractivity contribution in [3.63, 3.8) is 0 Å². The van der Waals surface area contributed by atoms with E-state index in [9.17, 15) is 9.90 Å². The Morgan fingerprint density at radius 3 is 2.83 bits per heavy atom. The molecule has 2 rings (SSSR count). The van der Waals surface area contributed by atoms with Gasteiger partial charge in [0, 0.05) is 7.11 Å². The van der Waals surface area contributed by atoms with Gasteiger partial charge in [-0.1, -0.05) is 18.1 Å². The third-order valence-electron chi connectivity index (χ3n) is 4.43. The summed E-state index contributed by atoms with van der Waals surface area (Å²) in [5.41, 5.74) is -0.472. The van der Waals surface area contributed by atoms with Gasteiger partial charge in [0.05, 0.1) is 30.8 Å². The Balaban J connectivity index is 2.06. The Morgan fingerprint density at radius 2 is 2.22 bits per heavy atom. The Morgan fingerprint density at radius 1 is 1.52 bits per heavy atom. The van der Waals surface area contributed by atoms with Crippen LogP contribution in [0.2, 0.25) is 0 Å². The van der Waals surface area contributed by atoms with Crippen LogP contribution in [0, 0.1) is 0 Å². The van der Waals surface area contributed by atoms with Crippen molar-refractivity contribution in [1.82, 2.24) is 20.3 Å². The number of amides is 1. The van der Waals surface area contributed by atoms with Crippen LogP contribution in [-0.2, 0) is 15.1 Å². The summed E-state index contributed by atoms with van der Waals surface area (Å²) in [6.45, 7) is 5.26. The largest absolute Gasteiger partial charge is 0.384 e. The van der Waals surface area contributed by atoms with Crippen LogP contribution >= 0.6 is 0 Å². The number of rotatable bonds is 6. The highest BCUT2D eigenvalue weighted by Gasteiger charge is 2.30. The Labute approximate surface area is 137 Å². The van der Waals surface area contributed by atoms with E-state index in [-0.39, 0.29) is 24.1 Å². The second-order valence-corrected chi connectivity index (χ2v) is 6.92. The normalized spacial score (nSPS) is 23.5. The average molecular weight is 324 g/mol. The molecule has 1 saturated carbocycles. The summed E-state index contributed by atoms with van der Waals surface area (Å²) in [5.74, 6) is -0.000855. The van der Waals surface area contributed by atoms with E-state index < -0.39 is 5.60 Å². The molecular formula is C16H28N4O3. The maximum absolute atomic E-state index is 12.1. The molecule has 7 nitrogen and oxygen atoms in total. The molecule has 23 heavy (non-hydrogen) atoms. The first-order valence-corrected chi connectivity index (χ1v) is 8.28. The summed E-state index contributed by atoms with van der Waals surface area (Å²) in [5, 5.41) is 21.4. The zero-order chi connectivity index (χ0) is 17.0. The van der Waals surface area contributed by atoms with Gasteiger partial charge >= 0.3 is 0 Å². The number of methoxy groups -OCH3 is 1. The second kappa shape index (κ2) is 7.40. The van der Waals surface area contributed by atoms with Crippen molar-refractivity contribution >= 4 is 5.91 Å².